The van der Waals surface area contributed by atoms with Gasteiger partial charge >= 0.3 is 0 Å². The van der Waals surface area contributed by atoms with E-state index in [0.717, 1.165) is 51.5 Å². The van der Waals surface area contributed by atoms with E-state index in [1.807, 2.05) is 6.20 Å². The number of nitrogens with zero attached hydrogens (tertiary/aromatic N) is 6. The van der Waals surface area contributed by atoms with Gasteiger partial charge in [0, 0.05) is 51.5 Å². The lowest BCUT2D eigenvalue weighted by Crippen LogP contribution is -2.51. The third-order valence-electron chi connectivity index (χ3n) is 7.32. The molecule has 0 saturated carbocycles. The van der Waals surface area contributed by atoms with Crippen molar-refractivity contribution in [1.29, 1.82) is 0 Å². The largest absolute Gasteiger partial charge is 0.355 e. The zero-order chi connectivity index (χ0) is 21.4. The number of hydrogen-bond acceptors (Lipinski definition) is 6. The summed E-state index contributed by atoms with van der Waals surface area (Å²) in [6, 6.07) is 5.67. The summed E-state index contributed by atoms with van der Waals surface area (Å²) in [5.41, 5.74) is 2.71. The first kappa shape index (κ1) is 20.7. The highest BCUT2D eigenvalue weighted by Crippen LogP contribution is 2.33. The maximum absolute atomic E-state index is 5.10. The SMILES string of the molecule is CC(C)N1CCN(C2=CC=CC3=NC(CN(C)[C@H]4CCCc5cccnc54)CN23)CC1. The number of hydrogen-bond donors (Lipinski definition) is 0. The normalized spacial score (nSPS) is 26.2. The predicted molar refractivity (Wildman–Crippen MR) is 126 cm³/mol. The number of pyridine rings is 1. The highest BCUT2D eigenvalue weighted by Gasteiger charge is 2.34. The quantitative estimate of drug-likeness (QED) is 0.732. The van der Waals surface area contributed by atoms with E-state index in [2.05, 4.69) is 70.9 Å². The van der Waals surface area contributed by atoms with Gasteiger partial charge in [0.15, 0.2) is 0 Å². The molecule has 1 aliphatic carbocycles. The van der Waals surface area contributed by atoms with E-state index in [-0.39, 0.29) is 0 Å². The standard InChI is InChI=1S/C25H36N6/c1-19(2)29-13-15-30(16-14-29)24-11-5-10-23-27-21(18-31(23)24)17-28(3)22-9-4-7-20-8-6-12-26-25(20)22/h5-6,8,10-12,19,21-22H,4,7,9,13-18H2,1-3H3/t21?,22-/m0/s1. The highest BCUT2D eigenvalue weighted by molar-refractivity contribution is 5.96. The van der Waals surface area contributed by atoms with Crippen LogP contribution in [0.4, 0.5) is 0 Å². The Bertz CT molecular complexity index is 880. The molecule has 1 aromatic heterocycles. The number of fused-ring (bicyclic) bond motifs is 2. The predicted octanol–water partition coefficient (Wildman–Crippen LogP) is 2.91. The van der Waals surface area contributed by atoms with E-state index in [1.165, 1.54) is 29.9 Å². The molecule has 4 heterocycles. The molecule has 6 nitrogen and oxygen atoms in total. The zero-order valence-corrected chi connectivity index (χ0v) is 19.2. The minimum atomic E-state index is 0.303. The summed E-state index contributed by atoms with van der Waals surface area (Å²) in [6.45, 7) is 11.0. The summed E-state index contributed by atoms with van der Waals surface area (Å²) in [5.74, 6) is 2.46. The van der Waals surface area contributed by atoms with Crippen LogP contribution in [0.25, 0.3) is 0 Å². The summed E-state index contributed by atoms with van der Waals surface area (Å²) in [4.78, 5) is 19.9. The van der Waals surface area contributed by atoms with Crippen LogP contribution in [0, 0.1) is 0 Å². The number of allylic oxidation sites excluding steroid dienone is 2. The molecule has 0 radical (unpaired) electrons. The lowest BCUT2D eigenvalue weighted by Gasteiger charge is -2.42. The van der Waals surface area contributed by atoms with E-state index >= 15 is 0 Å². The van der Waals surface area contributed by atoms with E-state index in [9.17, 15) is 0 Å². The van der Waals surface area contributed by atoms with Crippen molar-refractivity contribution in [2.45, 2.75) is 51.2 Å². The van der Waals surface area contributed by atoms with Crippen LogP contribution in [-0.4, -0.2) is 88.8 Å². The van der Waals surface area contributed by atoms with Gasteiger partial charge in [-0.05, 0) is 63.9 Å². The third-order valence-corrected chi connectivity index (χ3v) is 7.32. The van der Waals surface area contributed by atoms with Crippen LogP contribution in [0.2, 0.25) is 0 Å². The summed E-state index contributed by atoms with van der Waals surface area (Å²) >= 11 is 0. The Morgan fingerprint density at radius 3 is 2.84 bits per heavy atom. The van der Waals surface area contributed by atoms with Crippen molar-refractivity contribution in [2.75, 3.05) is 46.3 Å². The van der Waals surface area contributed by atoms with Crippen LogP contribution in [0.1, 0.15) is 44.0 Å². The number of aryl methyl sites for hydroxylation is 1. The molecule has 6 heteroatoms. The van der Waals surface area contributed by atoms with Crippen molar-refractivity contribution in [3.63, 3.8) is 0 Å². The van der Waals surface area contributed by atoms with Crippen LogP contribution in [0.3, 0.4) is 0 Å². The second-order valence-electron chi connectivity index (χ2n) is 9.65. The Kier molecular flexibility index (Phi) is 5.85. The lowest BCUT2D eigenvalue weighted by molar-refractivity contribution is 0.114. The fourth-order valence-electron chi connectivity index (χ4n) is 5.57. The second-order valence-corrected chi connectivity index (χ2v) is 9.65. The molecule has 1 fully saturated rings. The molecule has 0 spiro atoms. The fourth-order valence-corrected chi connectivity index (χ4v) is 5.57. The van der Waals surface area contributed by atoms with Gasteiger partial charge in [0.25, 0.3) is 0 Å². The average Bonchev–Trinajstić information content (AvgIpc) is 3.21. The molecule has 4 aliphatic rings. The number of piperazine rings is 1. The van der Waals surface area contributed by atoms with Crippen LogP contribution in [0.5, 0.6) is 0 Å². The number of rotatable bonds is 5. The number of aliphatic imine (C=N–C) groups is 1. The van der Waals surface area contributed by atoms with Crippen molar-refractivity contribution in [3.8, 4) is 0 Å². The summed E-state index contributed by atoms with van der Waals surface area (Å²) in [7, 11) is 2.25. The first-order valence-corrected chi connectivity index (χ1v) is 12.0. The van der Waals surface area contributed by atoms with Gasteiger partial charge in [-0.2, -0.15) is 0 Å². The molecule has 5 rings (SSSR count). The second kappa shape index (κ2) is 8.75. The molecular formula is C25H36N6. The van der Waals surface area contributed by atoms with Crippen molar-refractivity contribution in [2.24, 2.45) is 4.99 Å². The smallest absolute Gasteiger partial charge is 0.129 e. The van der Waals surface area contributed by atoms with Crippen LogP contribution < -0.4 is 0 Å². The topological polar surface area (TPSA) is 38.2 Å². The van der Waals surface area contributed by atoms with E-state index in [0.29, 0.717) is 18.1 Å². The molecule has 1 aromatic rings. The molecule has 166 valence electrons. The number of aromatic nitrogens is 1. The number of likely N-dealkylation sites (N-methyl/N-ethyl adjacent to an activating group) is 1. The minimum Gasteiger partial charge on any atom is -0.355 e. The van der Waals surface area contributed by atoms with Gasteiger partial charge in [-0.15, -0.1) is 0 Å². The summed E-state index contributed by atoms with van der Waals surface area (Å²) in [6.07, 6.45) is 12.2. The van der Waals surface area contributed by atoms with Gasteiger partial charge in [-0.3, -0.25) is 19.8 Å². The van der Waals surface area contributed by atoms with Gasteiger partial charge in [0.2, 0.25) is 0 Å². The molecule has 31 heavy (non-hydrogen) atoms. The molecule has 3 aliphatic heterocycles. The van der Waals surface area contributed by atoms with Gasteiger partial charge < -0.3 is 9.80 Å². The lowest BCUT2D eigenvalue weighted by atomic mass is 9.91. The van der Waals surface area contributed by atoms with Crippen LogP contribution in [-0.2, 0) is 6.42 Å². The Morgan fingerprint density at radius 2 is 2.03 bits per heavy atom. The molecule has 1 unspecified atom stereocenters. The van der Waals surface area contributed by atoms with Crippen molar-refractivity contribution >= 4 is 5.84 Å². The molecule has 2 atom stereocenters. The monoisotopic (exact) mass is 420 g/mol. The minimum absolute atomic E-state index is 0.303. The maximum atomic E-state index is 5.10. The van der Waals surface area contributed by atoms with E-state index < -0.39 is 0 Å². The van der Waals surface area contributed by atoms with Gasteiger partial charge in [0.1, 0.15) is 11.7 Å². The Balaban J connectivity index is 1.23. The molecule has 1 saturated heterocycles. The van der Waals surface area contributed by atoms with E-state index in [4.69, 9.17) is 9.98 Å². The summed E-state index contributed by atoms with van der Waals surface area (Å²) in [5, 5.41) is 0. The molecule has 0 amide bonds. The first-order valence-electron chi connectivity index (χ1n) is 12.0. The van der Waals surface area contributed by atoms with Crippen LogP contribution >= 0.6 is 0 Å². The zero-order valence-electron chi connectivity index (χ0n) is 19.2. The highest BCUT2D eigenvalue weighted by atomic mass is 15.4. The maximum Gasteiger partial charge on any atom is 0.129 e. The Morgan fingerprint density at radius 1 is 1.19 bits per heavy atom. The third kappa shape index (κ3) is 4.15. The fraction of sp³-hybridized carbons (Fsp3) is 0.600. The molecule has 0 N–H and O–H groups in total. The van der Waals surface area contributed by atoms with Crippen molar-refractivity contribution < 1.29 is 0 Å². The van der Waals surface area contributed by atoms with Gasteiger partial charge in [-0.1, -0.05) is 12.1 Å². The van der Waals surface area contributed by atoms with E-state index in [1.54, 1.807) is 0 Å². The molecule has 0 aromatic carbocycles. The first-order chi connectivity index (χ1) is 15.1. The Hall–Kier alpha value is -2.18. The van der Waals surface area contributed by atoms with Gasteiger partial charge in [-0.25, -0.2) is 0 Å². The van der Waals surface area contributed by atoms with Gasteiger partial charge in [0.05, 0.1) is 17.8 Å². The molecule has 0 bridgehead atoms. The van der Waals surface area contributed by atoms with Crippen molar-refractivity contribution in [3.05, 3.63) is 53.6 Å². The average molecular weight is 421 g/mol. The summed E-state index contributed by atoms with van der Waals surface area (Å²) < 4.78 is 0. The number of amidine groups is 1. The van der Waals surface area contributed by atoms with Crippen LogP contribution in [0.15, 0.2) is 47.4 Å². The molecular weight excluding hydrogens is 384 g/mol. The van der Waals surface area contributed by atoms with Crippen molar-refractivity contribution in [1.82, 2.24) is 24.6 Å². The Labute approximate surface area is 186 Å².